The summed E-state index contributed by atoms with van der Waals surface area (Å²) in [5, 5.41) is 6.72. The minimum atomic E-state index is -4.23. The Bertz CT molecular complexity index is 1450. The van der Waals surface area contributed by atoms with Crippen LogP contribution in [0, 0.1) is 17.2 Å². The van der Waals surface area contributed by atoms with Crippen LogP contribution in [0.3, 0.4) is 0 Å². The molecule has 3 aromatic rings. The summed E-state index contributed by atoms with van der Waals surface area (Å²) < 4.78 is 53.5. The fraction of sp³-hybridized carbons (Fsp3) is 0.467. The Labute approximate surface area is 230 Å². The van der Waals surface area contributed by atoms with Gasteiger partial charge in [0.05, 0.1) is 17.6 Å². The van der Waals surface area contributed by atoms with Crippen molar-refractivity contribution in [2.75, 3.05) is 18.4 Å². The van der Waals surface area contributed by atoms with E-state index in [9.17, 15) is 27.2 Å². The highest BCUT2D eigenvalue weighted by Gasteiger charge is 2.35. The fourth-order valence-electron chi connectivity index (χ4n) is 6.24. The van der Waals surface area contributed by atoms with Gasteiger partial charge in [-0.3, -0.25) is 14.2 Å². The Morgan fingerprint density at radius 1 is 1.07 bits per heavy atom. The van der Waals surface area contributed by atoms with Crippen LogP contribution in [0.15, 0.2) is 36.4 Å². The van der Waals surface area contributed by atoms with Gasteiger partial charge in [-0.05, 0) is 79.3 Å². The Morgan fingerprint density at radius 2 is 1.80 bits per heavy atom. The number of alkyl halides is 3. The van der Waals surface area contributed by atoms with Gasteiger partial charge in [0.15, 0.2) is 0 Å². The van der Waals surface area contributed by atoms with Gasteiger partial charge in [0.1, 0.15) is 5.82 Å². The highest BCUT2D eigenvalue weighted by atomic mass is 19.4. The van der Waals surface area contributed by atoms with Crippen molar-refractivity contribution in [1.82, 2.24) is 9.88 Å². The van der Waals surface area contributed by atoms with E-state index in [0.717, 1.165) is 35.0 Å². The highest BCUT2D eigenvalue weighted by Crippen LogP contribution is 2.43. The quantitative estimate of drug-likeness (QED) is 0.298. The van der Waals surface area contributed by atoms with Crippen molar-refractivity contribution in [3.63, 3.8) is 0 Å². The molecule has 1 aliphatic carbocycles. The average Bonchev–Trinajstić information content (AvgIpc) is 3.18. The predicted molar refractivity (Wildman–Crippen MR) is 147 cm³/mol. The van der Waals surface area contributed by atoms with Gasteiger partial charge in [-0.2, -0.15) is 13.2 Å². The van der Waals surface area contributed by atoms with Crippen LogP contribution in [0.1, 0.15) is 66.8 Å². The van der Waals surface area contributed by atoms with Gasteiger partial charge in [0, 0.05) is 41.3 Å². The molecular formula is C30H34F4N4O2. The third kappa shape index (κ3) is 5.87. The topological polar surface area (TPSA) is 89.2 Å². The number of nitrogens with two attached hydrogens (primary N) is 1. The van der Waals surface area contributed by atoms with Gasteiger partial charge in [-0.25, -0.2) is 4.39 Å². The number of nitrogens with one attached hydrogen (secondary N) is 2. The number of anilines is 1. The zero-order valence-electron chi connectivity index (χ0n) is 22.6. The first kappa shape index (κ1) is 28.1. The second-order valence-electron chi connectivity index (χ2n) is 11.9. The average molecular weight is 559 g/mol. The molecule has 4 N–H and O–H groups in total. The summed E-state index contributed by atoms with van der Waals surface area (Å²) in [6.45, 7) is 3.63. The Hall–Kier alpha value is -3.40. The van der Waals surface area contributed by atoms with Gasteiger partial charge < -0.3 is 16.4 Å². The second kappa shape index (κ2) is 10.5. The van der Waals surface area contributed by atoms with E-state index >= 15 is 0 Å². The van der Waals surface area contributed by atoms with Crippen LogP contribution in [-0.4, -0.2) is 41.7 Å². The van der Waals surface area contributed by atoms with Crippen molar-refractivity contribution in [2.24, 2.45) is 17.1 Å². The number of benzene rings is 2. The Kier molecular flexibility index (Phi) is 7.41. The third-order valence-corrected chi connectivity index (χ3v) is 8.15. The first-order valence-electron chi connectivity index (χ1n) is 13.7. The van der Waals surface area contributed by atoms with Crippen LogP contribution in [-0.2, 0) is 6.42 Å². The number of hydrogen-bond acceptors (Lipinski definition) is 4. The number of primary amides is 1. The van der Waals surface area contributed by atoms with Crippen molar-refractivity contribution >= 4 is 28.4 Å². The lowest BCUT2D eigenvalue weighted by Crippen LogP contribution is -2.39. The van der Waals surface area contributed by atoms with E-state index in [2.05, 4.69) is 10.6 Å². The minimum Gasteiger partial charge on any atom is -0.384 e. The van der Waals surface area contributed by atoms with E-state index in [1.165, 1.54) is 12.1 Å². The molecule has 0 atom stereocenters. The van der Waals surface area contributed by atoms with Gasteiger partial charge >= 0.3 is 6.18 Å². The number of aromatic nitrogens is 1. The number of amides is 1. The first-order chi connectivity index (χ1) is 18.8. The third-order valence-electron chi connectivity index (χ3n) is 8.15. The number of carbonyl (C=O) groups excluding carboxylic acids is 2. The number of rotatable bonds is 7. The lowest BCUT2D eigenvalue weighted by Gasteiger charge is -2.31. The molecule has 40 heavy (non-hydrogen) atoms. The van der Waals surface area contributed by atoms with E-state index in [1.807, 2.05) is 19.9 Å². The number of carbonyl (C=O) groups is 2. The largest absolute Gasteiger partial charge is 0.401 e. The number of hydrogen-bond donors (Lipinski definition) is 3. The van der Waals surface area contributed by atoms with Crippen molar-refractivity contribution in [1.29, 1.82) is 0 Å². The number of fused-ring (bicyclic) bond motifs is 3. The molecule has 2 aliphatic rings. The zero-order chi connectivity index (χ0) is 28.8. The summed E-state index contributed by atoms with van der Waals surface area (Å²) in [5.74, 6) is -0.860. The van der Waals surface area contributed by atoms with Crippen molar-refractivity contribution in [3.05, 3.63) is 53.5 Å². The Morgan fingerprint density at radius 3 is 2.48 bits per heavy atom. The Balaban J connectivity index is 1.43. The van der Waals surface area contributed by atoms with E-state index < -0.39 is 24.4 Å². The molecule has 1 saturated carbocycles. The molecule has 0 spiro atoms. The fourth-order valence-corrected chi connectivity index (χ4v) is 6.24. The van der Waals surface area contributed by atoms with E-state index in [1.54, 1.807) is 22.8 Å². The van der Waals surface area contributed by atoms with Crippen LogP contribution >= 0.6 is 0 Å². The van der Waals surface area contributed by atoms with Crippen LogP contribution < -0.4 is 16.4 Å². The lowest BCUT2D eigenvalue weighted by molar-refractivity contribution is -0.126. The van der Waals surface area contributed by atoms with E-state index in [4.69, 9.17) is 5.73 Å². The molecule has 2 aromatic carbocycles. The number of nitrogens with zero attached hydrogens (tertiary/aromatic N) is 1. The summed E-state index contributed by atoms with van der Waals surface area (Å²) in [6.07, 6.45) is -0.445. The highest BCUT2D eigenvalue weighted by molar-refractivity contribution is 6.06. The van der Waals surface area contributed by atoms with Crippen LogP contribution in [0.25, 0.3) is 22.0 Å². The zero-order valence-corrected chi connectivity index (χ0v) is 22.6. The molecule has 10 heteroatoms. The monoisotopic (exact) mass is 558 g/mol. The molecule has 6 nitrogen and oxygen atoms in total. The molecule has 0 bridgehead atoms. The maximum atomic E-state index is 14.3. The van der Waals surface area contributed by atoms with Gasteiger partial charge in [-0.15, -0.1) is 0 Å². The standard InChI is InChI=1S/C30H34F4N4O2/c1-29(2)13-25-27(22-10-6-19(31)12-24(22)38(25)26(39)14-29)18-5-9-21(28(35)40)23(11-18)36-15-17-3-7-20(8-4-17)37-16-30(32,33)34/h5-6,9-12,17,20,36-37H,3-4,7-8,13-16H2,1-2H3,(H2,35,40). The molecule has 2 heterocycles. The van der Waals surface area contributed by atoms with Crippen LogP contribution in [0.2, 0.25) is 0 Å². The maximum absolute atomic E-state index is 14.3. The molecule has 1 fully saturated rings. The molecule has 214 valence electrons. The summed E-state index contributed by atoms with van der Waals surface area (Å²) in [7, 11) is 0. The predicted octanol–water partition coefficient (Wildman–Crippen LogP) is 6.28. The molecule has 5 rings (SSSR count). The molecule has 0 radical (unpaired) electrons. The van der Waals surface area contributed by atoms with Crippen LogP contribution in [0.5, 0.6) is 0 Å². The van der Waals surface area contributed by atoms with Crippen molar-refractivity contribution < 1.29 is 27.2 Å². The van der Waals surface area contributed by atoms with E-state index in [0.29, 0.717) is 49.0 Å². The van der Waals surface area contributed by atoms with Crippen molar-refractivity contribution in [2.45, 2.75) is 64.6 Å². The maximum Gasteiger partial charge on any atom is 0.401 e. The molecule has 1 aromatic heterocycles. The number of halogens is 4. The summed E-state index contributed by atoms with van der Waals surface area (Å²) >= 11 is 0. The normalized spacial score (nSPS) is 20.9. The summed E-state index contributed by atoms with van der Waals surface area (Å²) in [4.78, 5) is 25.4. The molecular weight excluding hydrogens is 524 g/mol. The summed E-state index contributed by atoms with van der Waals surface area (Å²) in [6, 6.07) is 9.60. The molecule has 1 amide bonds. The van der Waals surface area contributed by atoms with Gasteiger partial charge in [-0.1, -0.05) is 19.9 Å². The van der Waals surface area contributed by atoms with Gasteiger partial charge in [0.2, 0.25) is 5.91 Å². The first-order valence-corrected chi connectivity index (χ1v) is 13.7. The van der Waals surface area contributed by atoms with E-state index in [-0.39, 0.29) is 23.3 Å². The molecule has 0 saturated heterocycles. The molecule has 1 aliphatic heterocycles. The smallest absolute Gasteiger partial charge is 0.384 e. The summed E-state index contributed by atoms with van der Waals surface area (Å²) in [5.41, 5.74) is 9.23. The molecule has 0 unspecified atom stereocenters. The van der Waals surface area contributed by atoms with Gasteiger partial charge in [0.25, 0.3) is 5.91 Å². The van der Waals surface area contributed by atoms with Crippen LogP contribution in [0.4, 0.5) is 23.2 Å². The van der Waals surface area contributed by atoms with Crippen molar-refractivity contribution in [3.8, 4) is 11.1 Å². The second-order valence-corrected chi connectivity index (χ2v) is 11.9. The lowest BCUT2D eigenvalue weighted by atomic mass is 9.80. The SMILES string of the molecule is CC1(C)CC(=O)n2c(c(-c3ccc(C(N)=O)c(NCC4CCC(NCC(F)(F)F)CC4)c3)c3ccc(F)cc32)C1. The minimum absolute atomic E-state index is 0.0828.